The molecule has 0 saturated heterocycles. The first kappa shape index (κ1) is 27.2. The summed E-state index contributed by atoms with van der Waals surface area (Å²) in [4.78, 5) is 43.8. The molecule has 9 heteroatoms. The van der Waals surface area contributed by atoms with Crippen molar-refractivity contribution in [2.24, 2.45) is 5.92 Å². The molecule has 2 aromatic rings. The Hall–Kier alpha value is -3.36. The highest BCUT2D eigenvalue weighted by atomic mass is 16.6. The Bertz CT molecular complexity index is 1050. The molecule has 9 nitrogen and oxygen atoms in total. The number of rotatable bonds is 7. The van der Waals surface area contributed by atoms with Crippen LogP contribution in [0, 0.1) is 5.92 Å². The van der Waals surface area contributed by atoms with Crippen molar-refractivity contribution in [2.75, 3.05) is 13.7 Å². The second-order valence-corrected chi connectivity index (χ2v) is 11.1. The van der Waals surface area contributed by atoms with Crippen LogP contribution in [-0.2, 0) is 24.4 Å². The summed E-state index contributed by atoms with van der Waals surface area (Å²) >= 11 is 0. The Kier molecular flexibility index (Phi) is 7.81. The number of imidazole rings is 1. The number of carbonyl (C=O) groups is 3. The van der Waals surface area contributed by atoms with Gasteiger partial charge in [-0.2, -0.15) is 0 Å². The van der Waals surface area contributed by atoms with Crippen LogP contribution in [0.1, 0.15) is 66.5 Å². The number of amides is 2. The van der Waals surface area contributed by atoms with Crippen molar-refractivity contribution in [2.45, 2.75) is 77.4 Å². The summed E-state index contributed by atoms with van der Waals surface area (Å²) in [7, 11) is 1.38. The average Bonchev–Trinajstić information content (AvgIpc) is 3.28. The second kappa shape index (κ2) is 10.3. The molecule has 0 N–H and O–H groups in total. The van der Waals surface area contributed by atoms with Gasteiger partial charge in [0.15, 0.2) is 0 Å². The maximum absolute atomic E-state index is 12.8. The van der Waals surface area contributed by atoms with Crippen LogP contribution >= 0.6 is 0 Å². The third kappa shape index (κ3) is 6.44. The van der Waals surface area contributed by atoms with Crippen LogP contribution in [0.3, 0.4) is 0 Å². The van der Waals surface area contributed by atoms with E-state index >= 15 is 0 Å². The van der Waals surface area contributed by atoms with E-state index in [-0.39, 0.29) is 18.4 Å². The number of nitrogens with zero attached hydrogens (tertiary/aromatic N) is 3. The molecule has 1 aliphatic carbocycles. The molecule has 0 spiro atoms. The van der Waals surface area contributed by atoms with Gasteiger partial charge in [-0.05, 0) is 78.9 Å². The molecule has 2 atom stereocenters. The Morgan fingerprint density at radius 3 is 2.14 bits per heavy atom. The van der Waals surface area contributed by atoms with Gasteiger partial charge in [-0.25, -0.2) is 19.5 Å². The zero-order chi connectivity index (χ0) is 26.7. The molecule has 2 amide bonds. The van der Waals surface area contributed by atoms with Gasteiger partial charge >= 0.3 is 18.2 Å². The van der Waals surface area contributed by atoms with Crippen molar-refractivity contribution in [3.8, 4) is 5.69 Å². The lowest BCUT2D eigenvalue weighted by atomic mass is 9.97. The summed E-state index contributed by atoms with van der Waals surface area (Å²) in [6.07, 6.45) is 3.69. The largest absolute Gasteiger partial charge is 0.468 e. The van der Waals surface area contributed by atoms with Crippen molar-refractivity contribution in [3.05, 3.63) is 48.5 Å². The van der Waals surface area contributed by atoms with Crippen LogP contribution in [0.4, 0.5) is 9.59 Å². The van der Waals surface area contributed by atoms with Crippen LogP contribution in [0.15, 0.2) is 42.9 Å². The van der Waals surface area contributed by atoms with Gasteiger partial charge in [0.25, 0.3) is 0 Å². The normalized spacial score (nSPS) is 19.4. The molecule has 1 aromatic carbocycles. The Morgan fingerprint density at radius 1 is 1.03 bits per heavy atom. The minimum Gasteiger partial charge on any atom is -0.468 e. The lowest BCUT2D eigenvalue weighted by Gasteiger charge is -2.28. The van der Waals surface area contributed by atoms with Crippen LogP contribution in [0.25, 0.3) is 5.69 Å². The van der Waals surface area contributed by atoms with Crippen molar-refractivity contribution >= 4 is 18.2 Å². The Labute approximate surface area is 212 Å². The van der Waals surface area contributed by atoms with E-state index in [9.17, 15) is 14.4 Å². The molecule has 3 rings (SSSR count). The zero-order valence-corrected chi connectivity index (χ0v) is 22.2. The van der Waals surface area contributed by atoms with E-state index in [0.717, 1.165) is 10.6 Å². The van der Waals surface area contributed by atoms with Crippen molar-refractivity contribution < 1.29 is 28.6 Å². The quantitative estimate of drug-likeness (QED) is 0.379. The standard InChI is InChI=1S/C27H37N3O6/c1-25(2,3)35-23(32)30(24(33)36-26(4,5)6)15-11-12-19-16-27(19,22(31)34-7)21-17-29(18-28-21)20-13-9-8-10-14-20/h8-10,13-14,17-19H,11-12,15-16H2,1-7H3. The number of esters is 1. The predicted molar refractivity (Wildman–Crippen MR) is 134 cm³/mol. The number of para-hydroxylation sites is 1. The summed E-state index contributed by atoms with van der Waals surface area (Å²) in [5.41, 5.74) is -0.757. The lowest BCUT2D eigenvalue weighted by Crippen LogP contribution is -2.44. The third-order valence-corrected chi connectivity index (χ3v) is 5.91. The number of imide groups is 1. The first-order chi connectivity index (χ1) is 16.8. The van der Waals surface area contributed by atoms with Crippen molar-refractivity contribution in [3.63, 3.8) is 0 Å². The topological polar surface area (TPSA) is 100.0 Å². The maximum atomic E-state index is 12.8. The highest BCUT2D eigenvalue weighted by Gasteiger charge is 2.63. The first-order valence-corrected chi connectivity index (χ1v) is 12.2. The number of hydrogen-bond donors (Lipinski definition) is 0. The van der Waals surface area contributed by atoms with Crippen molar-refractivity contribution in [1.29, 1.82) is 0 Å². The summed E-state index contributed by atoms with van der Waals surface area (Å²) in [5.74, 6) is -0.356. The van der Waals surface area contributed by atoms with Gasteiger partial charge in [-0.15, -0.1) is 0 Å². The lowest BCUT2D eigenvalue weighted by molar-refractivity contribution is -0.144. The first-order valence-electron chi connectivity index (χ1n) is 12.2. The number of aromatic nitrogens is 2. The third-order valence-electron chi connectivity index (χ3n) is 5.91. The minimum atomic E-state index is -0.836. The van der Waals surface area contributed by atoms with Crippen LogP contribution < -0.4 is 0 Å². The number of benzene rings is 1. The maximum Gasteiger partial charge on any atom is 0.419 e. The summed E-state index contributed by atoms with van der Waals surface area (Å²) in [6, 6.07) is 9.73. The Morgan fingerprint density at radius 2 is 1.61 bits per heavy atom. The molecule has 0 radical (unpaired) electrons. The molecule has 1 aromatic heterocycles. The van der Waals surface area contributed by atoms with E-state index in [1.165, 1.54) is 7.11 Å². The molecule has 0 bridgehead atoms. The van der Waals surface area contributed by atoms with Gasteiger partial charge in [-0.3, -0.25) is 4.79 Å². The summed E-state index contributed by atoms with van der Waals surface area (Å²) in [6.45, 7) is 10.5. The predicted octanol–water partition coefficient (Wildman–Crippen LogP) is 5.26. The SMILES string of the molecule is COC(=O)C1(c2cn(-c3ccccc3)cn2)CC1CCCN(C(=O)OC(C)(C)C)C(=O)OC(C)(C)C. The van der Waals surface area contributed by atoms with Crippen LogP contribution in [0.5, 0.6) is 0 Å². The summed E-state index contributed by atoms with van der Waals surface area (Å²) in [5, 5.41) is 0. The van der Waals surface area contributed by atoms with E-state index < -0.39 is 28.8 Å². The highest BCUT2D eigenvalue weighted by Crippen LogP contribution is 2.57. The molecule has 1 aliphatic rings. The molecule has 1 saturated carbocycles. The second-order valence-electron chi connectivity index (χ2n) is 11.1. The molecule has 1 fully saturated rings. The fraction of sp³-hybridized carbons (Fsp3) is 0.556. The van der Waals surface area contributed by atoms with Gasteiger partial charge in [0.05, 0.1) is 19.1 Å². The number of methoxy groups -OCH3 is 1. The molecule has 2 unspecified atom stereocenters. The van der Waals surface area contributed by atoms with Crippen molar-refractivity contribution in [1.82, 2.24) is 14.5 Å². The average molecular weight is 500 g/mol. The van der Waals surface area contributed by atoms with Gasteiger partial charge in [-0.1, -0.05) is 18.2 Å². The van der Waals surface area contributed by atoms with Crippen LogP contribution in [0.2, 0.25) is 0 Å². The van der Waals surface area contributed by atoms with Crippen LogP contribution in [-0.4, -0.2) is 57.5 Å². The molecular weight excluding hydrogens is 462 g/mol. The smallest absolute Gasteiger partial charge is 0.419 e. The summed E-state index contributed by atoms with van der Waals surface area (Å²) < 4.78 is 17.9. The van der Waals surface area contributed by atoms with Gasteiger partial charge in [0.1, 0.15) is 16.6 Å². The zero-order valence-electron chi connectivity index (χ0n) is 22.2. The van der Waals surface area contributed by atoms with E-state index in [0.29, 0.717) is 25.0 Å². The molecule has 196 valence electrons. The van der Waals surface area contributed by atoms with Gasteiger partial charge in [0.2, 0.25) is 0 Å². The minimum absolute atomic E-state index is 0.0248. The fourth-order valence-electron chi connectivity index (χ4n) is 4.21. The number of carbonyl (C=O) groups excluding carboxylic acids is 3. The van der Waals surface area contributed by atoms with Gasteiger partial charge < -0.3 is 18.8 Å². The molecule has 0 aliphatic heterocycles. The van der Waals surface area contributed by atoms with E-state index in [1.54, 1.807) is 47.9 Å². The Balaban J connectivity index is 1.71. The fourth-order valence-corrected chi connectivity index (χ4v) is 4.21. The molecular formula is C27H37N3O6. The van der Waals surface area contributed by atoms with E-state index in [2.05, 4.69) is 4.98 Å². The molecule has 36 heavy (non-hydrogen) atoms. The number of hydrogen-bond acceptors (Lipinski definition) is 7. The number of ether oxygens (including phenoxy) is 3. The van der Waals surface area contributed by atoms with E-state index in [1.807, 2.05) is 41.1 Å². The monoisotopic (exact) mass is 499 g/mol. The molecule has 1 heterocycles. The van der Waals surface area contributed by atoms with Gasteiger partial charge in [0, 0.05) is 18.4 Å². The van der Waals surface area contributed by atoms with E-state index in [4.69, 9.17) is 14.2 Å². The highest BCUT2D eigenvalue weighted by molar-refractivity contribution is 5.88.